The Morgan fingerprint density at radius 3 is 2.68 bits per heavy atom. The summed E-state index contributed by atoms with van der Waals surface area (Å²) in [5, 5.41) is 0. The first-order valence-electron chi connectivity index (χ1n) is 6.18. The van der Waals surface area contributed by atoms with E-state index in [1.807, 2.05) is 29.0 Å². The number of H-pyrrole nitrogens is 1. The first kappa shape index (κ1) is 12.3. The zero-order valence-corrected chi connectivity index (χ0v) is 12.0. The molecule has 0 bridgehead atoms. The number of hydrogen-bond acceptors (Lipinski definition) is 3. The van der Waals surface area contributed by atoms with E-state index in [1.54, 1.807) is 0 Å². The number of imidazole rings is 1. The van der Waals surface area contributed by atoms with Crippen LogP contribution in [0.2, 0.25) is 0 Å². The molecule has 0 fully saturated rings. The van der Waals surface area contributed by atoms with Crippen molar-refractivity contribution in [2.24, 2.45) is 0 Å². The summed E-state index contributed by atoms with van der Waals surface area (Å²) in [5.41, 5.74) is 2.13. The minimum absolute atomic E-state index is 0.00390. The Morgan fingerprint density at radius 1 is 1.21 bits per heavy atom. The largest absolute Gasteiger partial charge is 0.454 e. The van der Waals surface area contributed by atoms with Crippen molar-refractivity contribution in [2.45, 2.75) is 26.2 Å². The van der Waals surface area contributed by atoms with Crippen LogP contribution in [0.25, 0.3) is 5.69 Å². The second-order valence-electron chi connectivity index (χ2n) is 5.60. The number of aromatic amines is 1. The lowest BCUT2D eigenvalue weighted by Gasteiger charge is -2.20. The number of ether oxygens (including phenoxy) is 2. The molecule has 2 heterocycles. The van der Waals surface area contributed by atoms with E-state index < -0.39 is 0 Å². The van der Waals surface area contributed by atoms with E-state index in [0.29, 0.717) is 4.77 Å². The minimum atomic E-state index is 0.00390. The van der Waals surface area contributed by atoms with Crippen molar-refractivity contribution in [3.8, 4) is 17.2 Å². The maximum Gasteiger partial charge on any atom is 0.231 e. The molecule has 0 saturated heterocycles. The predicted molar refractivity (Wildman–Crippen MR) is 75.8 cm³/mol. The minimum Gasteiger partial charge on any atom is -0.454 e. The van der Waals surface area contributed by atoms with Gasteiger partial charge in [-0.2, -0.15) is 0 Å². The van der Waals surface area contributed by atoms with Crippen LogP contribution in [-0.2, 0) is 5.41 Å². The molecule has 100 valence electrons. The van der Waals surface area contributed by atoms with E-state index in [4.69, 9.17) is 21.7 Å². The van der Waals surface area contributed by atoms with Crippen molar-refractivity contribution in [1.82, 2.24) is 9.55 Å². The molecule has 1 aromatic heterocycles. The quantitative estimate of drug-likeness (QED) is 0.809. The third-order valence-corrected chi connectivity index (χ3v) is 3.46. The van der Waals surface area contributed by atoms with Crippen molar-refractivity contribution in [1.29, 1.82) is 0 Å². The van der Waals surface area contributed by atoms with Gasteiger partial charge in [0.2, 0.25) is 6.79 Å². The average molecular weight is 276 g/mol. The zero-order valence-electron chi connectivity index (χ0n) is 11.2. The van der Waals surface area contributed by atoms with Crippen LogP contribution < -0.4 is 9.47 Å². The van der Waals surface area contributed by atoms with Gasteiger partial charge in [0.25, 0.3) is 0 Å². The lowest BCUT2D eigenvalue weighted by Crippen LogP contribution is -2.16. The van der Waals surface area contributed by atoms with Gasteiger partial charge in [0, 0.05) is 23.4 Å². The van der Waals surface area contributed by atoms with Gasteiger partial charge >= 0.3 is 0 Å². The highest BCUT2D eigenvalue weighted by molar-refractivity contribution is 7.71. The first-order chi connectivity index (χ1) is 8.97. The maximum atomic E-state index is 5.42. The number of hydrogen-bond donors (Lipinski definition) is 1. The smallest absolute Gasteiger partial charge is 0.231 e. The van der Waals surface area contributed by atoms with E-state index >= 15 is 0 Å². The Hall–Kier alpha value is -1.75. The fourth-order valence-corrected chi connectivity index (χ4v) is 2.46. The molecular formula is C14H16N2O2S. The summed E-state index contributed by atoms with van der Waals surface area (Å²) in [6.07, 6.45) is 1.97. The fraction of sp³-hybridized carbons (Fsp3) is 0.357. The molecule has 0 unspecified atom stereocenters. The highest BCUT2D eigenvalue weighted by Crippen LogP contribution is 2.35. The topological polar surface area (TPSA) is 39.2 Å². The van der Waals surface area contributed by atoms with Crippen molar-refractivity contribution in [3.05, 3.63) is 34.9 Å². The molecule has 1 aliphatic heterocycles. The monoisotopic (exact) mass is 276 g/mol. The molecule has 0 aliphatic carbocycles. The van der Waals surface area contributed by atoms with Crippen LogP contribution in [-0.4, -0.2) is 16.3 Å². The number of aromatic nitrogens is 2. The van der Waals surface area contributed by atoms with Gasteiger partial charge < -0.3 is 14.5 Å². The fourth-order valence-electron chi connectivity index (χ4n) is 2.20. The highest BCUT2D eigenvalue weighted by Gasteiger charge is 2.21. The van der Waals surface area contributed by atoms with Gasteiger partial charge in [-0.15, -0.1) is 0 Å². The van der Waals surface area contributed by atoms with E-state index in [2.05, 4.69) is 25.8 Å². The Bertz CT molecular complexity index is 679. The summed E-state index contributed by atoms with van der Waals surface area (Å²) < 4.78 is 13.5. The number of rotatable bonds is 1. The van der Waals surface area contributed by atoms with Crippen LogP contribution in [0.4, 0.5) is 0 Å². The molecular weight excluding hydrogens is 260 g/mol. The number of nitrogens with one attached hydrogen (secondary N) is 1. The van der Waals surface area contributed by atoms with Crippen molar-refractivity contribution in [2.75, 3.05) is 6.79 Å². The van der Waals surface area contributed by atoms with Gasteiger partial charge in [0.05, 0.1) is 5.69 Å². The second kappa shape index (κ2) is 4.13. The highest BCUT2D eigenvalue weighted by atomic mass is 32.1. The van der Waals surface area contributed by atoms with Crippen LogP contribution in [0.5, 0.6) is 11.5 Å². The molecule has 0 amide bonds. The molecule has 2 aromatic rings. The van der Waals surface area contributed by atoms with Crippen LogP contribution in [0.15, 0.2) is 24.4 Å². The predicted octanol–water partition coefficient (Wildman–Crippen LogP) is 3.56. The third-order valence-electron chi connectivity index (χ3n) is 3.16. The Labute approximate surface area is 117 Å². The summed E-state index contributed by atoms with van der Waals surface area (Å²) in [5.74, 6) is 1.54. The summed E-state index contributed by atoms with van der Waals surface area (Å²) in [6, 6.07) is 5.87. The van der Waals surface area contributed by atoms with Crippen molar-refractivity contribution >= 4 is 12.2 Å². The molecule has 19 heavy (non-hydrogen) atoms. The van der Waals surface area contributed by atoms with Crippen LogP contribution in [0.1, 0.15) is 26.5 Å². The average Bonchev–Trinajstić information content (AvgIpc) is 2.92. The Morgan fingerprint density at radius 2 is 1.95 bits per heavy atom. The summed E-state index contributed by atoms with van der Waals surface area (Å²) >= 11 is 5.39. The Kier molecular flexibility index (Phi) is 2.67. The molecule has 0 spiro atoms. The van der Waals surface area contributed by atoms with Crippen molar-refractivity contribution < 1.29 is 9.47 Å². The molecule has 4 nitrogen and oxygen atoms in total. The third kappa shape index (κ3) is 2.04. The number of benzene rings is 1. The number of nitrogens with zero attached hydrogens (tertiary/aromatic N) is 1. The van der Waals surface area contributed by atoms with Crippen LogP contribution in [0.3, 0.4) is 0 Å². The van der Waals surface area contributed by atoms with E-state index in [-0.39, 0.29) is 12.2 Å². The standard InChI is InChI=1S/C14H16N2O2S/c1-14(2,3)12-7-15-13(19)16(12)9-4-5-10-11(6-9)18-8-17-10/h4-7H,8H2,1-3H3,(H,15,19). The molecule has 0 saturated carbocycles. The van der Waals surface area contributed by atoms with Crippen LogP contribution in [0, 0.1) is 4.77 Å². The summed E-state index contributed by atoms with van der Waals surface area (Å²) in [4.78, 5) is 3.12. The molecule has 1 aliphatic rings. The maximum absolute atomic E-state index is 5.42. The summed E-state index contributed by atoms with van der Waals surface area (Å²) in [7, 11) is 0. The van der Waals surface area contributed by atoms with E-state index in [9.17, 15) is 0 Å². The van der Waals surface area contributed by atoms with Crippen molar-refractivity contribution in [3.63, 3.8) is 0 Å². The SMILES string of the molecule is CC(C)(C)c1c[nH]c(=S)n1-c1ccc2c(c1)OCO2. The van der Waals surface area contributed by atoms with Gasteiger partial charge in [0.15, 0.2) is 16.3 Å². The number of fused-ring (bicyclic) bond motifs is 1. The van der Waals surface area contributed by atoms with E-state index in [0.717, 1.165) is 22.9 Å². The van der Waals surface area contributed by atoms with E-state index in [1.165, 1.54) is 0 Å². The van der Waals surface area contributed by atoms with Gasteiger partial charge in [-0.3, -0.25) is 4.57 Å². The molecule has 5 heteroatoms. The first-order valence-corrected chi connectivity index (χ1v) is 6.58. The van der Waals surface area contributed by atoms with Gasteiger partial charge in [-0.05, 0) is 24.4 Å². The van der Waals surface area contributed by atoms with Gasteiger partial charge in [-0.25, -0.2) is 0 Å². The molecule has 3 rings (SSSR count). The summed E-state index contributed by atoms with van der Waals surface area (Å²) in [6.45, 7) is 6.76. The zero-order chi connectivity index (χ0) is 13.6. The molecule has 0 atom stereocenters. The lowest BCUT2D eigenvalue weighted by molar-refractivity contribution is 0.174. The lowest BCUT2D eigenvalue weighted by atomic mass is 9.92. The molecule has 1 N–H and O–H groups in total. The molecule has 0 radical (unpaired) electrons. The van der Waals surface area contributed by atoms with Gasteiger partial charge in [0.1, 0.15) is 0 Å². The second-order valence-corrected chi connectivity index (χ2v) is 5.99. The normalized spacial score (nSPS) is 13.8. The van der Waals surface area contributed by atoms with Gasteiger partial charge in [-0.1, -0.05) is 20.8 Å². The Balaban J connectivity index is 2.17. The van der Waals surface area contributed by atoms with Crippen LogP contribution >= 0.6 is 12.2 Å². The molecule has 1 aromatic carbocycles.